The van der Waals surface area contributed by atoms with Crippen LogP contribution < -0.4 is 0 Å². The molecule has 0 bridgehead atoms. The molecule has 0 saturated carbocycles. The fourth-order valence-corrected chi connectivity index (χ4v) is 1.77. The predicted octanol–water partition coefficient (Wildman–Crippen LogP) is 1.34. The normalized spacial score (nSPS) is 13.7. The molecular formula is C11H14N2O2. The minimum Gasteiger partial charge on any atom is -0.459 e. The van der Waals surface area contributed by atoms with Crippen LogP contribution in [0.25, 0.3) is 0 Å². The number of carbonyl (C=O) groups excluding carboxylic acids is 1. The lowest BCUT2D eigenvalue weighted by atomic mass is 10.3. The Bertz CT molecular complexity index is 402. The zero-order chi connectivity index (χ0) is 10.8. The summed E-state index contributed by atoms with van der Waals surface area (Å²) in [4.78, 5) is 19.7. The van der Waals surface area contributed by atoms with Gasteiger partial charge >= 0.3 is 5.97 Å². The predicted molar refractivity (Wildman–Crippen MR) is 54.3 cm³/mol. The smallest absolute Gasteiger partial charge is 0.303 e. The topological polar surface area (TPSA) is 52.1 Å². The molecule has 0 aliphatic heterocycles. The maximum Gasteiger partial charge on any atom is 0.303 e. The van der Waals surface area contributed by atoms with Crippen LogP contribution in [0.15, 0.2) is 0 Å². The van der Waals surface area contributed by atoms with E-state index in [4.69, 9.17) is 4.74 Å². The number of nitrogens with zero attached hydrogens (tertiary/aromatic N) is 2. The standard InChI is InChI=1S/C11H14N2O2/c1-7-11(6-15-8(2)14)13-10-5-3-4-9(10)12-7/h3-6H2,1-2H3. The molecule has 0 atom stereocenters. The summed E-state index contributed by atoms with van der Waals surface area (Å²) in [7, 11) is 0. The lowest BCUT2D eigenvalue weighted by Crippen LogP contribution is -2.07. The van der Waals surface area contributed by atoms with Gasteiger partial charge in [0.2, 0.25) is 0 Å². The average Bonchev–Trinajstić information content (AvgIpc) is 2.60. The first-order valence-electron chi connectivity index (χ1n) is 5.15. The summed E-state index contributed by atoms with van der Waals surface area (Å²) >= 11 is 0. The van der Waals surface area contributed by atoms with Gasteiger partial charge in [0.05, 0.1) is 22.8 Å². The molecule has 0 saturated heterocycles. The third kappa shape index (κ3) is 2.14. The van der Waals surface area contributed by atoms with Gasteiger partial charge in [-0.2, -0.15) is 0 Å². The number of aryl methyl sites for hydroxylation is 3. The van der Waals surface area contributed by atoms with Crippen LogP contribution in [0.1, 0.15) is 36.1 Å². The number of rotatable bonds is 2. The zero-order valence-electron chi connectivity index (χ0n) is 9.04. The molecule has 1 aromatic heterocycles. The van der Waals surface area contributed by atoms with Crippen LogP contribution in [0.3, 0.4) is 0 Å². The second kappa shape index (κ2) is 3.96. The van der Waals surface area contributed by atoms with E-state index in [1.807, 2.05) is 6.92 Å². The van der Waals surface area contributed by atoms with Gasteiger partial charge < -0.3 is 4.74 Å². The summed E-state index contributed by atoms with van der Waals surface area (Å²) < 4.78 is 4.93. The molecule has 1 aliphatic rings. The molecule has 1 aliphatic carbocycles. The van der Waals surface area contributed by atoms with Gasteiger partial charge in [-0.25, -0.2) is 0 Å². The molecule has 2 rings (SSSR count). The van der Waals surface area contributed by atoms with Crippen molar-refractivity contribution in [3.63, 3.8) is 0 Å². The lowest BCUT2D eigenvalue weighted by molar-refractivity contribution is -0.142. The minimum atomic E-state index is -0.281. The second-order valence-electron chi connectivity index (χ2n) is 3.78. The summed E-state index contributed by atoms with van der Waals surface area (Å²) in [5.74, 6) is -0.281. The van der Waals surface area contributed by atoms with Crippen molar-refractivity contribution in [2.24, 2.45) is 0 Å². The van der Waals surface area contributed by atoms with Crippen molar-refractivity contribution in [1.82, 2.24) is 9.97 Å². The first-order valence-corrected chi connectivity index (χ1v) is 5.15. The van der Waals surface area contributed by atoms with E-state index < -0.39 is 0 Å². The van der Waals surface area contributed by atoms with Crippen LogP contribution in [-0.2, 0) is 29.0 Å². The molecule has 0 amide bonds. The molecule has 0 aromatic carbocycles. The maximum atomic E-state index is 10.7. The molecule has 1 aromatic rings. The fraction of sp³-hybridized carbons (Fsp3) is 0.545. The van der Waals surface area contributed by atoms with E-state index in [9.17, 15) is 4.79 Å². The second-order valence-corrected chi connectivity index (χ2v) is 3.78. The van der Waals surface area contributed by atoms with Gasteiger partial charge in [-0.15, -0.1) is 0 Å². The molecule has 15 heavy (non-hydrogen) atoms. The van der Waals surface area contributed by atoms with E-state index in [1.165, 1.54) is 6.92 Å². The first-order chi connectivity index (χ1) is 7.16. The van der Waals surface area contributed by atoms with Crippen LogP contribution in [0.2, 0.25) is 0 Å². The number of esters is 1. The van der Waals surface area contributed by atoms with Crippen LogP contribution in [0.5, 0.6) is 0 Å². The van der Waals surface area contributed by atoms with Crippen LogP contribution in [0, 0.1) is 6.92 Å². The number of hydrogen-bond acceptors (Lipinski definition) is 4. The molecular weight excluding hydrogens is 192 g/mol. The molecule has 1 heterocycles. The van der Waals surface area contributed by atoms with E-state index in [-0.39, 0.29) is 12.6 Å². The number of fused-ring (bicyclic) bond motifs is 1. The number of carbonyl (C=O) groups is 1. The zero-order valence-corrected chi connectivity index (χ0v) is 9.04. The largest absolute Gasteiger partial charge is 0.459 e. The Morgan fingerprint density at radius 3 is 2.67 bits per heavy atom. The molecule has 0 spiro atoms. The van der Waals surface area contributed by atoms with Crippen LogP contribution in [0.4, 0.5) is 0 Å². The van der Waals surface area contributed by atoms with Crippen molar-refractivity contribution < 1.29 is 9.53 Å². The fourth-order valence-electron chi connectivity index (χ4n) is 1.77. The van der Waals surface area contributed by atoms with Gasteiger partial charge in [-0.1, -0.05) is 0 Å². The molecule has 0 fully saturated rings. The van der Waals surface area contributed by atoms with E-state index in [2.05, 4.69) is 9.97 Å². The molecule has 4 heteroatoms. The SMILES string of the molecule is CC(=O)OCc1nc2c(nc1C)CCC2. The Morgan fingerprint density at radius 1 is 1.33 bits per heavy atom. The summed E-state index contributed by atoms with van der Waals surface area (Å²) in [6.45, 7) is 3.54. The summed E-state index contributed by atoms with van der Waals surface area (Å²) in [6.07, 6.45) is 3.15. The Hall–Kier alpha value is -1.45. The Balaban J connectivity index is 2.21. The Kier molecular flexibility index (Phi) is 2.66. The van der Waals surface area contributed by atoms with Gasteiger partial charge in [-0.3, -0.25) is 14.8 Å². The van der Waals surface area contributed by atoms with E-state index in [0.717, 1.165) is 42.0 Å². The van der Waals surface area contributed by atoms with Gasteiger partial charge in [0.1, 0.15) is 6.61 Å². The Labute approximate surface area is 88.7 Å². The van der Waals surface area contributed by atoms with E-state index >= 15 is 0 Å². The monoisotopic (exact) mass is 206 g/mol. The summed E-state index contributed by atoms with van der Waals surface area (Å²) in [5.41, 5.74) is 3.84. The van der Waals surface area contributed by atoms with Crippen molar-refractivity contribution in [3.8, 4) is 0 Å². The quantitative estimate of drug-likeness (QED) is 0.685. The van der Waals surface area contributed by atoms with Crippen molar-refractivity contribution >= 4 is 5.97 Å². The summed E-state index contributed by atoms with van der Waals surface area (Å²) in [5, 5.41) is 0. The highest BCUT2D eigenvalue weighted by molar-refractivity contribution is 5.65. The molecule has 0 unspecified atom stereocenters. The molecule has 0 N–H and O–H groups in total. The van der Waals surface area contributed by atoms with Crippen molar-refractivity contribution in [2.75, 3.05) is 0 Å². The van der Waals surface area contributed by atoms with Gasteiger partial charge in [0, 0.05) is 6.92 Å². The van der Waals surface area contributed by atoms with Crippen LogP contribution in [-0.4, -0.2) is 15.9 Å². The van der Waals surface area contributed by atoms with Crippen molar-refractivity contribution in [3.05, 3.63) is 22.8 Å². The maximum absolute atomic E-state index is 10.7. The first kappa shape index (κ1) is 10.1. The number of hydrogen-bond donors (Lipinski definition) is 0. The molecule has 80 valence electrons. The number of ether oxygens (including phenoxy) is 1. The van der Waals surface area contributed by atoms with Gasteiger partial charge in [-0.05, 0) is 26.2 Å². The van der Waals surface area contributed by atoms with Gasteiger partial charge in [0.25, 0.3) is 0 Å². The van der Waals surface area contributed by atoms with E-state index in [1.54, 1.807) is 0 Å². The van der Waals surface area contributed by atoms with E-state index in [0.29, 0.717) is 0 Å². The van der Waals surface area contributed by atoms with Crippen molar-refractivity contribution in [1.29, 1.82) is 0 Å². The number of aromatic nitrogens is 2. The third-order valence-corrected chi connectivity index (χ3v) is 2.56. The lowest BCUT2D eigenvalue weighted by Gasteiger charge is -2.07. The van der Waals surface area contributed by atoms with Crippen molar-refractivity contribution in [2.45, 2.75) is 39.7 Å². The van der Waals surface area contributed by atoms with Gasteiger partial charge in [0.15, 0.2) is 0 Å². The van der Waals surface area contributed by atoms with Crippen LogP contribution >= 0.6 is 0 Å². The Morgan fingerprint density at radius 2 is 2.00 bits per heavy atom. The highest BCUT2D eigenvalue weighted by Gasteiger charge is 2.16. The minimum absolute atomic E-state index is 0.238. The molecule has 4 nitrogen and oxygen atoms in total. The highest BCUT2D eigenvalue weighted by atomic mass is 16.5. The highest BCUT2D eigenvalue weighted by Crippen LogP contribution is 2.19. The molecule has 0 radical (unpaired) electrons. The average molecular weight is 206 g/mol. The summed E-state index contributed by atoms with van der Waals surface area (Å²) in [6, 6.07) is 0. The third-order valence-electron chi connectivity index (χ3n) is 2.56.